The van der Waals surface area contributed by atoms with Crippen molar-refractivity contribution in [2.75, 3.05) is 26.2 Å². The Bertz CT molecular complexity index is 780. The van der Waals surface area contributed by atoms with Gasteiger partial charge in [0.25, 0.3) is 11.8 Å². The monoisotopic (exact) mass is 376 g/mol. The molecule has 6 heteroatoms. The molecule has 1 fully saturated rings. The first-order chi connectivity index (χ1) is 12.1. The number of hydrogen-bond donors (Lipinski definition) is 0. The fraction of sp³-hybridized carbons (Fsp3) is 0.263. The lowest BCUT2D eigenvalue weighted by molar-refractivity contribution is 0.0719. The van der Waals surface area contributed by atoms with Gasteiger partial charge in [-0.15, -0.1) is 0 Å². The fourth-order valence-electron chi connectivity index (χ4n) is 2.92. The van der Waals surface area contributed by atoms with E-state index in [9.17, 15) is 9.59 Å². The van der Waals surface area contributed by atoms with Gasteiger partial charge in [0.2, 0.25) is 0 Å². The normalized spacial score (nSPS) is 15.0. The number of amides is 2. The Morgan fingerprint density at radius 3 is 2.12 bits per heavy atom. The van der Waals surface area contributed by atoms with Crippen molar-refractivity contribution in [2.45, 2.75) is 6.42 Å². The summed E-state index contributed by atoms with van der Waals surface area (Å²) in [7, 11) is 0. The molecule has 3 rings (SSSR count). The van der Waals surface area contributed by atoms with E-state index in [0.29, 0.717) is 47.4 Å². The molecule has 0 atom stereocenters. The van der Waals surface area contributed by atoms with Crippen LogP contribution in [0.15, 0.2) is 48.5 Å². The minimum atomic E-state index is -0.151. The maximum Gasteiger partial charge on any atom is 0.255 e. The second kappa shape index (κ2) is 7.89. The highest BCUT2D eigenvalue weighted by Gasteiger charge is 2.24. The van der Waals surface area contributed by atoms with Crippen molar-refractivity contribution in [3.05, 3.63) is 69.7 Å². The van der Waals surface area contributed by atoms with Gasteiger partial charge in [-0.3, -0.25) is 9.59 Å². The van der Waals surface area contributed by atoms with Crippen LogP contribution in [0.3, 0.4) is 0 Å². The van der Waals surface area contributed by atoms with Crippen LogP contribution in [0.5, 0.6) is 0 Å². The zero-order valence-corrected chi connectivity index (χ0v) is 15.1. The van der Waals surface area contributed by atoms with Gasteiger partial charge >= 0.3 is 0 Å². The summed E-state index contributed by atoms with van der Waals surface area (Å²) < 4.78 is 0. The van der Waals surface area contributed by atoms with Crippen LogP contribution in [-0.2, 0) is 0 Å². The standard InChI is InChI=1S/C19H18Cl2N2O2/c20-15-7-8-17(21)16(13-15)19(25)23-10-4-9-22(11-12-23)18(24)14-5-2-1-3-6-14/h1-3,5-8,13H,4,9-12H2. The van der Waals surface area contributed by atoms with E-state index in [1.54, 1.807) is 28.0 Å². The molecule has 0 unspecified atom stereocenters. The van der Waals surface area contributed by atoms with Crippen LogP contribution in [0.1, 0.15) is 27.1 Å². The first-order valence-corrected chi connectivity index (χ1v) is 8.90. The predicted octanol–water partition coefficient (Wildman–Crippen LogP) is 3.98. The molecule has 1 heterocycles. The maximum absolute atomic E-state index is 12.8. The molecule has 1 saturated heterocycles. The van der Waals surface area contributed by atoms with Crippen molar-refractivity contribution in [1.29, 1.82) is 0 Å². The lowest BCUT2D eigenvalue weighted by atomic mass is 10.2. The Morgan fingerprint density at radius 1 is 0.800 bits per heavy atom. The number of halogens is 2. The first kappa shape index (κ1) is 17.8. The summed E-state index contributed by atoms with van der Waals surface area (Å²) in [6, 6.07) is 14.1. The molecule has 0 N–H and O–H groups in total. The smallest absolute Gasteiger partial charge is 0.255 e. The molecule has 0 radical (unpaired) electrons. The van der Waals surface area contributed by atoms with Gasteiger partial charge in [-0.05, 0) is 36.8 Å². The van der Waals surface area contributed by atoms with Crippen LogP contribution in [0.4, 0.5) is 0 Å². The van der Waals surface area contributed by atoms with Crippen LogP contribution in [0.25, 0.3) is 0 Å². The highest BCUT2D eigenvalue weighted by atomic mass is 35.5. The Morgan fingerprint density at radius 2 is 1.44 bits per heavy atom. The zero-order valence-electron chi connectivity index (χ0n) is 13.6. The molecule has 1 aliphatic rings. The molecule has 2 aromatic rings. The Kier molecular flexibility index (Phi) is 5.61. The third kappa shape index (κ3) is 4.14. The minimum Gasteiger partial charge on any atom is -0.337 e. The van der Waals surface area contributed by atoms with Crippen molar-refractivity contribution >= 4 is 35.0 Å². The molecule has 0 spiro atoms. The van der Waals surface area contributed by atoms with Crippen molar-refractivity contribution < 1.29 is 9.59 Å². The molecule has 130 valence electrons. The Balaban J connectivity index is 1.70. The summed E-state index contributed by atoms with van der Waals surface area (Å²) >= 11 is 12.1. The maximum atomic E-state index is 12.8. The van der Waals surface area contributed by atoms with E-state index >= 15 is 0 Å². The van der Waals surface area contributed by atoms with E-state index in [-0.39, 0.29) is 11.8 Å². The van der Waals surface area contributed by atoms with Crippen LogP contribution in [0, 0.1) is 0 Å². The van der Waals surface area contributed by atoms with E-state index in [4.69, 9.17) is 23.2 Å². The second-order valence-corrected chi connectivity index (χ2v) is 6.77. The number of benzene rings is 2. The van der Waals surface area contributed by atoms with Crippen LogP contribution < -0.4 is 0 Å². The van der Waals surface area contributed by atoms with Gasteiger partial charge in [0.15, 0.2) is 0 Å². The lowest BCUT2D eigenvalue weighted by Gasteiger charge is -2.22. The van der Waals surface area contributed by atoms with Crippen LogP contribution in [-0.4, -0.2) is 47.8 Å². The highest BCUT2D eigenvalue weighted by molar-refractivity contribution is 6.35. The van der Waals surface area contributed by atoms with Gasteiger partial charge in [-0.25, -0.2) is 0 Å². The molecule has 1 aliphatic heterocycles. The SMILES string of the molecule is O=C(c1ccccc1)N1CCCN(C(=O)c2cc(Cl)ccc2Cl)CC1. The van der Waals surface area contributed by atoms with Crippen molar-refractivity contribution in [3.8, 4) is 0 Å². The predicted molar refractivity (Wildman–Crippen MR) is 99.3 cm³/mol. The number of hydrogen-bond acceptors (Lipinski definition) is 2. The third-order valence-corrected chi connectivity index (χ3v) is 4.81. The molecule has 25 heavy (non-hydrogen) atoms. The van der Waals surface area contributed by atoms with Crippen LogP contribution in [0.2, 0.25) is 10.0 Å². The van der Waals surface area contributed by atoms with Crippen molar-refractivity contribution in [2.24, 2.45) is 0 Å². The van der Waals surface area contributed by atoms with Crippen molar-refractivity contribution in [3.63, 3.8) is 0 Å². The van der Waals surface area contributed by atoms with Crippen LogP contribution >= 0.6 is 23.2 Å². The number of rotatable bonds is 2. The number of nitrogens with zero attached hydrogens (tertiary/aromatic N) is 2. The van der Waals surface area contributed by atoms with Gasteiger partial charge in [-0.2, -0.15) is 0 Å². The summed E-state index contributed by atoms with van der Waals surface area (Å²) in [6.07, 6.45) is 0.725. The topological polar surface area (TPSA) is 40.6 Å². The van der Waals surface area contributed by atoms with E-state index in [1.165, 1.54) is 0 Å². The second-order valence-electron chi connectivity index (χ2n) is 5.93. The van der Waals surface area contributed by atoms with E-state index in [2.05, 4.69) is 0 Å². The summed E-state index contributed by atoms with van der Waals surface area (Å²) in [5.74, 6) is -0.155. The largest absolute Gasteiger partial charge is 0.337 e. The fourth-order valence-corrected chi connectivity index (χ4v) is 3.29. The van der Waals surface area contributed by atoms with E-state index in [1.807, 2.05) is 30.3 Å². The molecule has 0 aromatic heterocycles. The highest BCUT2D eigenvalue weighted by Crippen LogP contribution is 2.23. The third-order valence-electron chi connectivity index (χ3n) is 4.25. The average Bonchev–Trinajstić information content (AvgIpc) is 2.89. The average molecular weight is 377 g/mol. The van der Waals surface area contributed by atoms with Crippen molar-refractivity contribution in [1.82, 2.24) is 9.80 Å². The minimum absolute atomic E-state index is 0.00399. The summed E-state index contributed by atoms with van der Waals surface area (Å²) in [5, 5.41) is 0.860. The molecule has 2 amide bonds. The first-order valence-electron chi connectivity index (χ1n) is 8.15. The quantitative estimate of drug-likeness (QED) is 0.794. The lowest BCUT2D eigenvalue weighted by Crippen LogP contribution is -2.37. The summed E-state index contributed by atoms with van der Waals surface area (Å²) in [4.78, 5) is 28.9. The molecule has 0 bridgehead atoms. The Labute approximate surface area is 156 Å². The number of carbonyl (C=O) groups is 2. The molecular weight excluding hydrogens is 359 g/mol. The van der Waals surface area contributed by atoms with Gasteiger partial charge in [0.1, 0.15) is 0 Å². The van der Waals surface area contributed by atoms with E-state index < -0.39 is 0 Å². The summed E-state index contributed by atoms with van der Waals surface area (Å²) in [5.41, 5.74) is 1.07. The molecule has 0 aliphatic carbocycles. The molecule has 0 saturated carbocycles. The number of carbonyl (C=O) groups excluding carboxylic acids is 2. The van der Waals surface area contributed by atoms with Gasteiger partial charge in [0.05, 0.1) is 10.6 Å². The molecule has 2 aromatic carbocycles. The summed E-state index contributed by atoms with van der Waals surface area (Å²) in [6.45, 7) is 2.18. The van der Waals surface area contributed by atoms with Gasteiger partial charge in [0, 0.05) is 36.8 Å². The Hall–Kier alpha value is -2.04. The molecular formula is C19H18Cl2N2O2. The van der Waals surface area contributed by atoms with E-state index in [0.717, 1.165) is 6.42 Å². The molecule has 4 nitrogen and oxygen atoms in total. The van der Waals surface area contributed by atoms with Gasteiger partial charge < -0.3 is 9.80 Å². The zero-order chi connectivity index (χ0) is 17.8. The van der Waals surface area contributed by atoms with Gasteiger partial charge in [-0.1, -0.05) is 41.4 Å².